The molecule has 1 aliphatic carbocycles. The van der Waals surface area contributed by atoms with Gasteiger partial charge in [-0.2, -0.15) is 0 Å². The molecule has 1 fully saturated rings. The number of ketones is 1. The number of carbonyl (C=O) groups excluding carboxylic acids is 2. The first-order chi connectivity index (χ1) is 12.5. The quantitative estimate of drug-likeness (QED) is 0.501. The number of fused-ring (bicyclic) bond motifs is 1. The maximum Gasteiger partial charge on any atom is 0.336 e. The monoisotopic (exact) mass is 417 g/mol. The first kappa shape index (κ1) is 19.0. The molecule has 2 unspecified atom stereocenters. The molecule has 1 heterocycles. The van der Waals surface area contributed by atoms with Crippen LogP contribution in [-0.4, -0.2) is 24.1 Å². The van der Waals surface area contributed by atoms with E-state index in [0.29, 0.717) is 24.3 Å². The predicted molar refractivity (Wildman–Crippen MR) is 105 cm³/mol. The van der Waals surface area contributed by atoms with Gasteiger partial charge in [0.2, 0.25) is 0 Å². The molecule has 4 nitrogen and oxygen atoms in total. The van der Waals surface area contributed by atoms with Gasteiger partial charge in [0.15, 0.2) is 0 Å². The topological polar surface area (TPSA) is 55.7 Å². The van der Waals surface area contributed by atoms with Crippen molar-refractivity contribution in [2.24, 2.45) is 10.9 Å². The van der Waals surface area contributed by atoms with Gasteiger partial charge in [0.25, 0.3) is 0 Å². The van der Waals surface area contributed by atoms with Gasteiger partial charge < -0.3 is 4.74 Å². The zero-order chi connectivity index (χ0) is 18.7. The Kier molecular flexibility index (Phi) is 6.07. The molecule has 0 saturated heterocycles. The molecule has 2 aliphatic rings. The molecule has 1 aromatic rings. The third kappa shape index (κ3) is 3.83. The Balaban J connectivity index is 2.03. The van der Waals surface area contributed by atoms with Gasteiger partial charge in [0.05, 0.1) is 18.1 Å². The molecule has 0 N–H and O–H groups in total. The Hall–Kier alpha value is -1.75. The van der Waals surface area contributed by atoms with Crippen LogP contribution in [0, 0.1) is 5.92 Å². The van der Waals surface area contributed by atoms with Gasteiger partial charge in [0.1, 0.15) is 5.78 Å². The highest BCUT2D eigenvalue weighted by molar-refractivity contribution is 9.10. The summed E-state index contributed by atoms with van der Waals surface area (Å²) in [6, 6.07) is 7.85. The van der Waals surface area contributed by atoms with E-state index in [-0.39, 0.29) is 23.6 Å². The minimum atomic E-state index is -0.345. The summed E-state index contributed by atoms with van der Waals surface area (Å²) in [6.07, 6.45) is 4.00. The maximum atomic E-state index is 12.8. The molecular weight excluding hydrogens is 394 g/mol. The Morgan fingerprint density at radius 3 is 2.65 bits per heavy atom. The van der Waals surface area contributed by atoms with Crippen molar-refractivity contribution in [3.8, 4) is 0 Å². The molecule has 0 bridgehead atoms. The second-order valence-electron chi connectivity index (χ2n) is 6.92. The number of hydrogen-bond donors (Lipinski definition) is 0. The van der Waals surface area contributed by atoms with Gasteiger partial charge in [-0.3, -0.25) is 9.79 Å². The summed E-state index contributed by atoms with van der Waals surface area (Å²) in [5.41, 5.74) is 3.09. The van der Waals surface area contributed by atoms with E-state index < -0.39 is 0 Å². The Morgan fingerprint density at radius 1 is 1.23 bits per heavy atom. The van der Waals surface area contributed by atoms with Crippen molar-refractivity contribution in [3.63, 3.8) is 0 Å². The van der Waals surface area contributed by atoms with Gasteiger partial charge in [-0.15, -0.1) is 0 Å². The molecule has 1 aromatic carbocycles. The number of hydrogen-bond acceptors (Lipinski definition) is 4. The summed E-state index contributed by atoms with van der Waals surface area (Å²) in [5, 5.41) is 0. The lowest BCUT2D eigenvalue weighted by Crippen LogP contribution is -2.39. The fraction of sp³-hybridized carbons (Fsp3) is 0.476. The molecular formula is C21H24BrNO3. The number of ether oxygens (including phenoxy) is 1. The van der Waals surface area contributed by atoms with Crippen molar-refractivity contribution in [1.29, 1.82) is 0 Å². The van der Waals surface area contributed by atoms with Gasteiger partial charge in [0, 0.05) is 28.2 Å². The molecule has 0 spiro atoms. The zero-order valence-corrected chi connectivity index (χ0v) is 16.8. The summed E-state index contributed by atoms with van der Waals surface area (Å²) >= 11 is 3.45. The minimum Gasteiger partial charge on any atom is -0.462 e. The number of Topliss-reactive ketones (excluding diaryl/α,β-unsaturated/α-hetero) is 1. The van der Waals surface area contributed by atoms with Crippen molar-refractivity contribution in [2.45, 2.75) is 51.9 Å². The molecule has 0 radical (unpaired) electrons. The standard InChI is InChI=1S/C21H24BrNO3/c1-3-4-12-26-21(25)18-13(2)23-16-6-5-7-17(24)20(16)19(18)14-8-10-15(22)11-9-14/h8-11,19-20H,3-7,12H2,1-2H3. The van der Waals surface area contributed by atoms with Crippen LogP contribution in [0.5, 0.6) is 0 Å². The van der Waals surface area contributed by atoms with Crippen LogP contribution in [0.15, 0.2) is 45.0 Å². The number of allylic oxidation sites excluding steroid dienone is 1. The summed E-state index contributed by atoms with van der Waals surface area (Å²) in [4.78, 5) is 30.2. The smallest absolute Gasteiger partial charge is 0.336 e. The third-order valence-electron chi connectivity index (χ3n) is 5.09. The highest BCUT2D eigenvalue weighted by Crippen LogP contribution is 2.43. The van der Waals surface area contributed by atoms with Crippen LogP contribution in [0.4, 0.5) is 0 Å². The number of esters is 1. The molecule has 1 aliphatic heterocycles. The average Bonchev–Trinajstić information content (AvgIpc) is 2.61. The molecule has 1 saturated carbocycles. The molecule has 0 aromatic heterocycles. The lowest BCUT2D eigenvalue weighted by atomic mass is 9.69. The molecule has 2 atom stereocenters. The Bertz CT molecular complexity index is 764. The van der Waals surface area contributed by atoms with E-state index >= 15 is 0 Å². The second-order valence-corrected chi connectivity index (χ2v) is 7.83. The molecule has 138 valence electrons. The maximum absolute atomic E-state index is 12.8. The number of carbonyl (C=O) groups is 2. The van der Waals surface area contributed by atoms with Crippen molar-refractivity contribution in [2.75, 3.05) is 6.61 Å². The van der Waals surface area contributed by atoms with Gasteiger partial charge in [-0.1, -0.05) is 41.4 Å². The highest BCUT2D eigenvalue weighted by atomic mass is 79.9. The number of benzene rings is 1. The Labute approximate surface area is 162 Å². The van der Waals surface area contributed by atoms with E-state index in [1.165, 1.54) is 0 Å². The van der Waals surface area contributed by atoms with Crippen LogP contribution < -0.4 is 0 Å². The number of halogens is 1. The Morgan fingerprint density at radius 2 is 1.96 bits per heavy atom. The largest absolute Gasteiger partial charge is 0.462 e. The van der Waals surface area contributed by atoms with Gasteiger partial charge in [-0.05, 0) is 43.9 Å². The summed E-state index contributed by atoms with van der Waals surface area (Å²) < 4.78 is 6.46. The van der Waals surface area contributed by atoms with Crippen LogP contribution in [0.1, 0.15) is 57.4 Å². The van der Waals surface area contributed by atoms with Crippen LogP contribution in [-0.2, 0) is 14.3 Å². The highest BCUT2D eigenvalue weighted by Gasteiger charge is 2.43. The van der Waals surface area contributed by atoms with Crippen LogP contribution in [0.25, 0.3) is 0 Å². The first-order valence-electron chi connectivity index (χ1n) is 9.26. The van der Waals surface area contributed by atoms with Crippen LogP contribution in [0.2, 0.25) is 0 Å². The van der Waals surface area contributed by atoms with Crippen molar-refractivity contribution >= 4 is 33.4 Å². The molecule has 0 amide bonds. The number of nitrogens with zero attached hydrogens (tertiary/aromatic N) is 1. The van der Waals surface area contributed by atoms with E-state index in [1.807, 2.05) is 31.2 Å². The number of aliphatic imine (C=N–C) groups is 1. The van der Waals surface area contributed by atoms with Crippen LogP contribution >= 0.6 is 15.9 Å². The molecule has 3 rings (SSSR count). The van der Waals surface area contributed by atoms with E-state index in [9.17, 15) is 9.59 Å². The van der Waals surface area contributed by atoms with E-state index in [1.54, 1.807) is 0 Å². The fourth-order valence-corrected chi connectivity index (χ4v) is 4.07. The average molecular weight is 418 g/mol. The second kappa shape index (κ2) is 8.30. The number of unbranched alkanes of at least 4 members (excludes halogenated alkanes) is 1. The zero-order valence-electron chi connectivity index (χ0n) is 15.3. The van der Waals surface area contributed by atoms with Crippen molar-refractivity contribution in [3.05, 3.63) is 45.6 Å². The predicted octanol–water partition coefficient (Wildman–Crippen LogP) is 4.97. The van der Waals surface area contributed by atoms with Gasteiger partial charge in [-0.25, -0.2) is 4.79 Å². The van der Waals surface area contributed by atoms with Crippen molar-refractivity contribution < 1.29 is 14.3 Å². The van der Waals surface area contributed by atoms with E-state index in [4.69, 9.17) is 4.74 Å². The van der Waals surface area contributed by atoms with Gasteiger partial charge >= 0.3 is 5.97 Å². The number of rotatable bonds is 5. The third-order valence-corrected chi connectivity index (χ3v) is 5.62. The lowest BCUT2D eigenvalue weighted by Gasteiger charge is -2.35. The first-order valence-corrected chi connectivity index (χ1v) is 10.1. The summed E-state index contributed by atoms with van der Waals surface area (Å²) in [6.45, 7) is 4.31. The van der Waals surface area contributed by atoms with Crippen molar-refractivity contribution in [1.82, 2.24) is 0 Å². The lowest BCUT2D eigenvalue weighted by molar-refractivity contribution is -0.139. The minimum absolute atomic E-state index is 0.175. The fourth-order valence-electron chi connectivity index (χ4n) is 3.80. The van der Waals surface area contributed by atoms with Crippen LogP contribution in [0.3, 0.4) is 0 Å². The normalized spacial score (nSPS) is 22.7. The molecule has 26 heavy (non-hydrogen) atoms. The van der Waals surface area contributed by atoms with E-state index in [2.05, 4.69) is 27.8 Å². The SMILES string of the molecule is CCCCOC(=O)C1=C(C)N=C2CCCC(=O)C2C1c1ccc(Br)cc1. The summed E-state index contributed by atoms with van der Waals surface area (Å²) in [5.74, 6) is -0.820. The summed E-state index contributed by atoms with van der Waals surface area (Å²) in [7, 11) is 0. The van der Waals surface area contributed by atoms with E-state index in [0.717, 1.165) is 41.4 Å². The molecule has 5 heteroatoms.